The van der Waals surface area contributed by atoms with Gasteiger partial charge in [0.15, 0.2) is 0 Å². The van der Waals surface area contributed by atoms with E-state index in [1.165, 1.54) is 5.56 Å². The minimum Gasteiger partial charge on any atom is -0.496 e. The SMILES string of the molecule is CC.CC.CC.COc1cc(N)cc(C)c1C. The highest BCUT2D eigenvalue weighted by Gasteiger charge is 2.01. The maximum Gasteiger partial charge on any atom is 0.124 e. The van der Waals surface area contributed by atoms with E-state index >= 15 is 0 Å². The van der Waals surface area contributed by atoms with E-state index in [0.717, 1.165) is 17.0 Å². The van der Waals surface area contributed by atoms with E-state index in [1.54, 1.807) is 7.11 Å². The third kappa shape index (κ3) is 8.61. The summed E-state index contributed by atoms with van der Waals surface area (Å²) in [7, 11) is 1.65. The van der Waals surface area contributed by atoms with Gasteiger partial charge in [-0.15, -0.1) is 0 Å². The molecule has 2 nitrogen and oxygen atoms in total. The van der Waals surface area contributed by atoms with Gasteiger partial charge >= 0.3 is 0 Å². The lowest BCUT2D eigenvalue weighted by Crippen LogP contribution is -1.93. The van der Waals surface area contributed by atoms with E-state index in [2.05, 4.69) is 0 Å². The van der Waals surface area contributed by atoms with Crippen molar-refractivity contribution < 1.29 is 4.74 Å². The Morgan fingerprint density at radius 3 is 1.65 bits per heavy atom. The molecule has 0 amide bonds. The maximum atomic E-state index is 5.62. The molecule has 1 aromatic carbocycles. The summed E-state index contributed by atoms with van der Waals surface area (Å²) in [5.74, 6) is 0.863. The molecule has 0 aliphatic rings. The van der Waals surface area contributed by atoms with Crippen molar-refractivity contribution >= 4 is 5.69 Å². The molecular formula is C15H31NO. The largest absolute Gasteiger partial charge is 0.496 e. The number of hydrogen-bond donors (Lipinski definition) is 1. The molecule has 17 heavy (non-hydrogen) atoms. The van der Waals surface area contributed by atoms with E-state index in [1.807, 2.05) is 67.5 Å². The minimum atomic E-state index is 0.755. The maximum absolute atomic E-state index is 5.62. The molecule has 0 aromatic heterocycles. The second-order valence-electron chi connectivity index (χ2n) is 2.67. The van der Waals surface area contributed by atoms with Crippen LogP contribution < -0.4 is 10.5 Å². The lowest BCUT2D eigenvalue weighted by Gasteiger charge is -2.07. The molecule has 1 aromatic rings. The van der Waals surface area contributed by atoms with Gasteiger partial charge in [0.1, 0.15) is 5.75 Å². The summed E-state index contributed by atoms with van der Waals surface area (Å²) in [5.41, 5.74) is 8.70. The number of benzene rings is 1. The van der Waals surface area contributed by atoms with E-state index in [4.69, 9.17) is 10.5 Å². The van der Waals surface area contributed by atoms with Crippen LogP contribution in [0.1, 0.15) is 52.7 Å². The first-order valence-electron chi connectivity index (χ1n) is 6.56. The lowest BCUT2D eigenvalue weighted by molar-refractivity contribution is 0.411. The molecule has 102 valence electrons. The second kappa shape index (κ2) is 14.8. The summed E-state index contributed by atoms with van der Waals surface area (Å²) in [6.45, 7) is 16.0. The Morgan fingerprint density at radius 2 is 1.29 bits per heavy atom. The lowest BCUT2D eigenvalue weighted by atomic mass is 10.1. The van der Waals surface area contributed by atoms with Gasteiger partial charge in [-0.3, -0.25) is 0 Å². The van der Waals surface area contributed by atoms with E-state index < -0.39 is 0 Å². The Morgan fingerprint density at radius 1 is 0.882 bits per heavy atom. The molecule has 0 atom stereocenters. The summed E-state index contributed by atoms with van der Waals surface area (Å²) in [6, 6.07) is 3.78. The summed E-state index contributed by atoms with van der Waals surface area (Å²) in [4.78, 5) is 0. The van der Waals surface area contributed by atoms with Gasteiger partial charge in [-0.1, -0.05) is 41.5 Å². The zero-order chi connectivity index (χ0) is 14.4. The molecule has 2 N–H and O–H groups in total. The first kappa shape index (κ1) is 21.1. The molecule has 0 heterocycles. The highest BCUT2D eigenvalue weighted by Crippen LogP contribution is 2.23. The Balaban J connectivity index is -0.000000285. The minimum absolute atomic E-state index is 0.755. The van der Waals surface area contributed by atoms with Crippen molar-refractivity contribution in [2.24, 2.45) is 0 Å². The second-order valence-corrected chi connectivity index (χ2v) is 2.67. The van der Waals surface area contributed by atoms with Crippen molar-refractivity contribution in [3.05, 3.63) is 23.3 Å². The van der Waals surface area contributed by atoms with Crippen molar-refractivity contribution in [3.63, 3.8) is 0 Å². The van der Waals surface area contributed by atoms with Gasteiger partial charge < -0.3 is 10.5 Å². The van der Waals surface area contributed by atoms with Gasteiger partial charge in [-0.25, -0.2) is 0 Å². The number of nitrogen functional groups attached to an aromatic ring is 1. The molecule has 0 saturated carbocycles. The van der Waals surface area contributed by atoms with Crippen LogP contribution in [0.3, 0.4) is 0 Å². The molecule has 0 aliphatic heterocycles. The number of aryl methyl sites for hydroxylation is 1. The van der Waals surface area contributed by atoms with Crippen molar-refractivity contribution in [1.82, 2.24) is 0 Å². The first-order valence-corrected chi connectivity index (χ1v) is 6.56. The molecule has 0 spiro atoms. The number of ether oxygens (including phenoxy) is 1. The number of nitrogens with two attached hydrogens (primary N) is 1. The van der Waals surface area contributed by atoms with Crippen LogP contribution in [0.4, 0.5) is 5.69 Å². The standard InChI is InChI=1S/C9H13NO.3C2H6/c1-6-4-8(10)5-9(11-3)7(6)2;3*1-2/h4-5H,10H2,1-3H3;3*1-2H3. The smallest absolute Gasteiger partial charge is 0.124 e. The van der Waals surface area contributed by atoms with Gasteiger partial charge in [0.25, 0.3) is 0 Å². The predicted octanol–water partition coefficient (Wildman–Crippen LogP) is 4.97. The Bertz CT molecular complexity index is 270. The van der Waals surface area contributed by atoms with E-state index in [-0.39, 0.29) is 0 Å². The molecule has 0 aliphatic carbocycles. The fraction of sp³-hybridized carbons (Fsp3) is 0.600. The van der Waals surface area contributed by atoms with Crippen molar-refractivity contribution in [2.75, 3.05) is 12.8 Å². The number of rotatable bonds is 1. The van der Waals surface area contributed by atoms with Crippen LogP contribution in [-0.4, -0.2) is 7.11 Å². The third-order valence-electron chi connectivity index (χ3n) is 1.86. The van der Waals surface area contributed by atoms with Gasteiger partial charge in [0, 0.05) is 11.8 Å². The highest BCUT2D eigenvalue weighted by atomic mass is 16.5. The van der Waals surface area contributed by atoms with Crippen LogP contribution in [-0.2, 0) is 0 Å². The highest BCUT2D eigenvalue weighted by molar-refractivity contribution is 5.52. The molecule has 1 rings (SSSR count). The van der Waals surface area contributed by atoms with E-state index in [9.17, 15) is 0 Å². The van der Waals surface area contributed by atoms with Crippen LogP contribution in [0.15, 0.2) is 12.1 Å². The Kier molecular flexibility index (Phi) is 18.4. The summed E-state index contributed by atoms with van der Waals surface area (Å²) < 4.78 is 5.13. The fourth-order valence-corrected chi connectivity index (χ4v) is 1.07. The topological polar surface area (TPSA) is 35.2 Å². The number of anilines is 1. The van der Waals surface area contributed by atoms with Gasteiger partial charge in [0.05, 0.1) is 7.11 Å². The fourth-order valence-electron chi connectivity index (χ4n) is 1.07. The Hall–Kier alpha value is -1.18. The van der Waals surface area contributed by atoms with Crippen LogP contribution in [0, 0.1) is 13.8 Å². The monoisotopic (exact) mass is 241 g/mol. The average molecular weight is 241 g/mol. The molecule has 0 unspecified atom stereocenters. The zero-order valence-electron chi connectivity index (χ0n) is 13.1. The Labute approximate surface area is 108 Å². The third-order valence-corrected chi connectivity index (χ3v) is 1.86. The quantitative estimate of drug-likeness (QED) is 0.704. The van der Waals surface area contributed by atoms with Crippen LogP contribution in [0.5, 0.6) is 5.75 Å². The van der Waals surface area contributed by atoms with Crippen molar-refractivity contribution in [2.45, 2.75) is 55.4 Å². The normalized spacial score (nSPS) is 7.35. The van der Waals surface area contributed by atoms with Gasteiger partial charge in [-0.05, 0) is 31.0 Å². The van der Waals surface area contributed by atoms with Crippen molar-refractivity contribution in [1.29, 1.82) is 0 Å². The van der Waals surface area contributed by atoms with Crippen molar-refractivity contribution in [3.8, 4) is 5.75 Å². The summed E-state index contributed by atoms with van der Waals surface area (Å²) in [5, 5.41) is 0. The van der Waals surface area contributed by atoms with Gasteiger partial charge in [-0.2, -0.15) is 0 Å². The molecule has 0 fully saturated rings. The number of methoxy groups -OCH3 is 1. The van der Waals surface area contributed by atoms with Crippen LogP contribution in [0.2, 0.25) is 0 Å². The molecule has 0 saturated heterocycles. The van der Waals surface area contributed by atoms with Gasteiger partial charge in [0.2, 0.25) is 0 Å². The average Bonchev–Trinajstić information content (AvgIpc) is 2.41. The van der Waals surface area contributed by atoms with Crippen LogP contribution >= 0.6 is 0 Å². The first-order chi connectivity index (χ1) is 8.15. The molecule has 2 heteroatoms. The predicted molar refractivity (Wildman–Crippen MR) is 80.9 cm³/mol. The van der Waals surface area contributed by atoms with E-state index in [0.29, 0.717) is 0 Å². The molecule has 0 bridgehead atoms. The summed E-state index contributed by atoms with van der Waals surface area (Å²) >= 11 is 0. The number of hydrogen-bond acceptors (Lipinski definition) is 2. The summed E-state index contributed by atoms with van der Waals surface area (Å²) in [6.07, 6.45) is 0. The van der Waals surface area contributed by atoms with Crippen LogP contribution in [0.25, 0.3) is 0 Å². The zero-order valence-corrected chi connectivity index (χ0v) is 13.1. The molecule has 0 radical (unpaired) electrons. The molecular weight excluding hydrogens is 210 g/mol.